The van der Waals surface area contributed by atoms with Crippen LogP contribution < -0.4 is 10.2 Å². The summed E-state index contributed by atoms with van der Waals surface area (Å²) in [5.41, 5.74) is 6.25. The summed E-state index contributed by atoms with van der Waals surface area (Å²) < 4.78 is 5.33. The summed E-state index contributed by atoms with van der Waals surface area (Å²) in [6.07, 6.45) is 3.03. The Balaban J connectivity index is 1.46. The van der Waals surface area contributed by atoms with Gasteiger partial charge in [-0.2, -0.15) is 0 Å². The number of hydrogen-bond donors (Lipinski definition) is 1. The van der Waals surface area contributed by atoms with Crippen LogP contribution in [0.3, 0.4) is 0 Å². The molecule has 1 N–H and O–H groups in total. The molecule has 0 bridgehead atoms. The van der Waals surface area contributed by atoms with Crippen molar-refractivity contribution >= 4 is 17.3 Å². The van der Waals surface area contributed by atoms with E-state index in [0.717, 1.165) is 38.0 Å². The van der Waals surface area contributed by atoms with E-state index in [1.54, 1.807) is 0 Å². The van der Waals surface area contributed by atoms with Crippen molar-refractivity contribution in [2.45, 2.75) is 45.6 Å². The van der Waals surface area contributed by atoms with E-state index in [1.165, 1.54) is 22.4 Å². The summed E-state index contributed by atoms with van der Waals surface area (Å²) in [6, 6.07) is 15.3. The molecule has 1 amide bonds. The van der Waals surface area contributed by atoms with Crippen molar-refractivity contribution in [1.82, 2.24) is 0 Å². The SMILES string of the molecule is CC(C)c1ccc(CN2CCCc3cc(NC(=O)C4CCOC4)ccc32)cc1. The van der Waals surface area contributed by atoms with Crippen molar-refractivity contribution in [1.29, 1.82) is 0 Å². The molecule has 2 aliphatic heterocycles. The lowest BCUT2D eigenvalue weighted by atomic mass is 9.99. The number of nitrogens with zero attached hydrogens (tertiary/aromatic N) is 1. The molecule has 28 heavy (non-hydrogen) atoms. The van der Waals surface area contributed by atoms with Crippen LogP contribution in [0.5, 0.6) is 0 Å². The highest BCUT2D eigenvalue weighted by molar-refractivity contribution is 5.93. The molecule has 0 radical (unpaired) electrons. The predicted octanol–water partition coefficient (Wildman–Crippen LogP) is 4.74. The van der Waals surface area contributed by atoms with Gasteiger partial charge in [-0.1, -0.05) is 38.1 Å². The third-order valence-corrected chi connectivity index (χ3v) is 5.88. The quantitative estimate of drug-likeness (QED) is 0.817. The topological polar surface area (TPSA) is 41.6 Å². The molecule has 148 valence electrons. The van der Waals surface area contributed by atoms with E-state index < -0.39 is 0 Å². The molecule has 1 atom stereocenters. The standard InChI is InChI=1S/C24H30N2O2/c1-17(2)19-7-5-18(6-8-19)15-26-12-3-4-20-14-22(9-10-23(20)26)25-24(27)21-11-13-28-16-21/h5-10,14,17,21H,3-4,11-13,15-16H2,1-2H3,(H,25,27). The highest BCUT2D eigenvalue weighted by atomic mass is 16.5. The Morgan fingerprint density at radius 3 is 2.75 bits per heavy atom. The first-order valence-electron chi connectivity index (χ1n) is 10.5. The maximum absolute atomic E-state index is 12.4. The molecule has 0 saturated carbocycles. The smallest absolute Gasteiger partial charge is 0.229 e. The van der Waals surface area contributed by atoms with Crippen LogP contribution in [0.25, 0.3) is 0 Å². The van der Waals surface area contributed by atoms with Crippen LogP contribution in [0.2, 0.25) is 0 Å². The molecular weight excluding hydrogens is 348 g/mol. The van der Waals surface area contributed by atoms with E-state index >= 15 is 0 Å². The van der Waals surface area contributed by atoms with Gasteiger partial charge in [-0.15, -0.1) is 0 Å². The minimum absolute atomic E-state index is 0.0126. The molecule has 1 unspecified atom stereocenters. The van der Waals surface area contributed by atoms with Crippen LogP contribution in [-0.4, -0.2) is 25.7 Å². The Bertz CT molecular complexity index is 823. The molecule has 0 aliphatic carbocycles. The molecule has 2 aliphatic rings. The summed E-state index contributed by atoms with van der Waals surface area (Å²) in [5.74, 6) is 0.630. The number of carbonyl (C=O) groups excluding carboxylic acids is 1. The van der Waals surface area contributed by atoms with Crippen molar-refractivity contribution in [3.8, 4) is 0 Å². The van der Waals surface area contributed by atoms with Crippen LogP contribution >= 0.6 is 0 Å². The number of anilines is 2. The van der Waals surface area contributed by atoms with Gasteiger partial charge in [0, 0.05) is 31.1 Å². The van der Waals surface area contributed by atoms with Gasteiger partial charge in [0.1, 0.15) is 0 Å². The number of carbonyl (C=O) groups is 1. The van der Waals surface area contributed by atoms with E-state index in [1.807, 2.05) is 6.07 Å². The minimum Gasteiger partial charge on any atom is -0.381 e. The fourth-order valence-electron chi connectivity index (χ4n) is 4.13. The largest absolute Gasteiger partial charge is 0.381 e. The predicted molar refractivity (Wildman–Crippen MR) is 114 cm³/mol. The zero-order valence-corrected chi connectivity index (χ0v) is 16.9. The molecular formula is C24H30N2O2. The minimum atomic E-state index is -0.0126. The van der Waals surface area contributed by atoms with Crippen molar-refractivity contribution in [2.24, 2.45) is 5.92 Å². The number of aryl methyl sites for hydroxylation is 1. The first-order valence-corrected chi connectivity index (χ1v) is 10.5. The van der Waals surface area contributed by atoms with Crippen LogP contribution in [0, 0.1) is 5.92 Å². The number of ether oxygens (including phenoxy) is 1. The Kier molecular flexibility index (Phi) is 5.67. The number of hydrogen-bond acceptors (Lipinski definition) is 3. The Hall–Kier alpha value is -2.33. The van der Waals surface area contributed by atoms with Gasteiger partial charge in [0.25, 0.3) is 0 Å². The monoisotopic (exact) mass is 378 g/mol. The fraction of sp³-hybridized carbons (Fsp3) is 0.458. The molecule has 2 heterocycles. The maximum atomic E-state index is 12.4. The summed E-state index contributed by atoms with van der Waals surface area (Å²) in [5, 5.41) is 3.08. The van der Waals surface area contributed by atoms with Gasteiger partial charge in [-0.05, 0) is 60.1 Å². The zero-order chi connectivity index (χ0) is 19.5. The second kappa shape index (κ2) is 8.36. The number of amides is 1. The van der Waals surface area contributed by atoms with Crippen molar-refractivity contribution in [3.63, 3.8) is 0 Å². The van der Waals surface area contributed by atoms with E-state index in [-0.39, 0.29) is 11.8 Å². The second-order valence-corrected chi connectivity index (χ2v) is 8.31. The average molecular weight is 379 g/mol. The maximum Gasteiger partial charge on any atom is 0.229 e. The van der Waals surface area contributed by atoms with Crippen LogP contribution in [0.15, 0.2) is 42.5 Å². The Morgan fingerprint density at radius 1 is 1.21 bits per heavy atom. The van der Waals surface area contributed by atoms with Crippen LogP contribution in [-0.2, 0) is 22.5 Å². The molecule has 4 nitrogen and oxygen atoms in total. The molecule has 1 saturated heterocycles. The first kappa shape index (κ1) is 19.0. The highest BCUT2D eigenvalue weighted by Gasteiger charge is 2.24. The van der Waals surface area contributed by atoms with Gasteiger partial charge in [0.05, 0.1) is 12.5 Å². The number of benzene rings is 2. The molecule has 0 aromatic heterocycles. The third kappa shape index (κ3) is 4.22. The van der Waals surface area contributed by atoms with Gasteiger partial charge in [0.15, 0.2) is 0 Å². The lowest BCUT2D eigenvalue weighted by Gasteiger charge is -2.32. The zero-order valence-electron chi connectivity index (χ0n) is 16.9. The van der Waals surface area contributed by atoms with E-state index in [2.05, 4.69) is 60.5 Å². The second-order valence-electron chi connectivity index (χ2n) is 8.31. The molecule has 1 fully saturated rings. The number of fused-ring (bicyclic) bond motifs is 1. The number of nitrogens with one attached hydrogen (secondary N) is 1. The van der Waals surface area contributed by atoms with E-state index in [9.17, 15) is 4.79 Å². The lowest BCUT2D eigenvalue weighted by Crippen LogP contribution is -2.29. The third-order valence-electron chi connectivity index (χ3n) is 5.88. The van der Waals surface area contributed by atoms with E-state index in [4.69, 9.17) is 4.74 Å². The summed E-state index contributed by atoms with van der Waals surface area (Å²) in [7, 11) is 0. The average Bonchev–Trinajstić information content (AvgIpc) is 3.23. The van der Waals surface area contributed by atoms with Gasteiger partial charge < -0.3 is 15.0 Å². The number of rotatable bonds is 5. The van der Waals surface area contributed by atoms with Crippen molar-refractivity contribution < 1.29 is 9.53 Å². The summed E-state index contributed by atoms with van der Waals surface area (Å²) in [6.45, 7) is 7.69. The van der Waals surface area contributed by atoms with E-state index in [0.29, 0.717) is 19.1 Å². The van der Waals surface area contributed by atoms with Gasteiger partial charge in [-0.25, -0.2) is 0 Å². The lowest BCUT2D eigenvalue weighted by molar-refractivity contribution is -0.119. The summed E-state index contributed by atoms with van der Waals surface area (Å²) >= 11 is 0. The highest BCUT2D eigenvalue weighted by Crippen LogP contribution is 2.31. The molecule has 0 spiro atoms. The van der Waals surface area contributed by atoms with Crippen molar-refractivity contribution in [3.05, 3.63) is 59.2 Å². The molecule has 2 aromatic rings. The normalized spacial score (nSPS) is 19.0. The molecule has 2 aromatic carbocycles. The Labute approximate surface area is 167 Å². The van der Waals surface area contributed by atoms with Crippen LogP contribution in [0.4, 0.5) is 11.4 Å². The Morgan fingerprint density at radius 2 is 2.04 bits per heavy atom. The van der Waals surface area contributed by atoms with Gasteiger partial charge >= 0.3 is 0 Å². The summed E-state index contributed by atoms with van der Waals surface area (Å²) in [4.78, 5) is 14.8. The molecule has 4 heteroatoms. The fourth-order valence-corrected chi connectivity index (χ4v) is 4.13. The first-order chi connectivity index (χ1) is 13.6. The van der Waals surface area contributed by atoms with Gasteiger partial charge in [0.2, 0.25) is 5.91 Å². The van der Waals surface area contributed by atoms with Gasteiger partial charge in [-0.3, -0.25) is 4.79 Å². The molecule has 4 rings (SSSR count). The van der Waals surface area contributed by atoms with Crippen LogP contribution in [0.1, 0.15) is 49.3 Å². The van der Waals surface area contributed by atoms with Crippen molar-refractivity contribution in [2.75, 3.05) is 30.0 Å².